The van der Waals surface area contributed by atoms with Crippen LogP contribution < -0.4 is 16.5 Å². The van der Waals surface area contributed by atoms with Crippen molar-refractivity contribution in [2.75, 3.05) is 5.43 Å². The Kier molecular flexibility index (Phi) is 5.69. The second kappa shape index (κ2) is 7.26. The number of benzene rings is 1. The van der Waals surface area contributed by atoms with Crippen LogP contribution in [-0.4, -0.2) is 23.5 Å². The Bertz CT molecular complexity index is 632. The van der Waals surface area contributed by atoms with E-state index in [1.807, 2.05) is 13.8 Å². The highest BCUT2D eigenvalue weighted by atomic mass is 35.5. The van der Waals surface area contributed by atoms with Crippen LogP contribution in [0.4, 0.5) is 5.69 Å². The maximum absolute atomic E-state index is 11.9. The molecule has 0 aliphatic rings. The van der Waals surface area contributed by atoms with E-state index in [0.717, 1.165) is 0 Å². The predicted molar refractivity (Wildman–Crippen MR) is 82.6 cm³/mol. The summed E-state index contributed by atoms with van der Waals surface area (Å²) in [5.74, 6) is -0.712. The Morgan fingerprint density at radius 3 is 2.71 bits per heavy atom. The third kappa shape index (κ3) is 4.78. The number of amides is 1. The van der Waals surface area contributed by atoms with Crippen LogP contribution in [-0.2, 0) is 0 Å². The first kappa shape index (κ1) is 16.5. The van der Waals surface area contributed by atoms with Gasteiger partial charge in [0.1, 0.15) is 6.07 Å². The zero-order valence-electron chi connectivity index (χ0n) is 11.6. The van der Waals surface area contributed by atoms with Crippen LogP contribution in [0.5, 0.6) is 0 Å². The molecule has 21 heavy (non-hydrogen) atoms. The van der Waals surface area contributed by atoms with Gasteiger partial charge in [-0.2, -0.15) is 10.4 Å². The molecular weight excluding hydrogens is 292 g/mol. The first-order valence-electron chi connectivity index (χ1n) is 6.03. The molecule has 0 aliphatic carbocycles. The quantitative estimate of drug-likeness (QED) is 0.375. The van der Waals surface area contributed by atoms with E-state index < -0.39 is 5.84 Å². The summed E-state index contributed by atoms with van der Waals surface area (Å²) < 4.78 is 0. The van der Waals surface area contributed by atoms with Crippen LogP contribution in [0.25, 0.3) is 0 Å². The molecule has 1 amide bonds. The third-order valence-electron chi connectivity index (χ3n) is 2.30. The fourth-order valence-corrected chi connectivity index (χ4v) is 1.52. The number of carbonyl (C=O) groups excluding carboxylic acids is 1. The summed E-state index contributed by atoms with van der Waals surface area (Å²) in [5.41, 5.74) is 8.16. The number of nitriles is 1. The van der Waals surface area contributed by atoms with E-state index in [4.69, 9.17) is 28.0 Å². The van der Waals surface area contributed by atoms with Gasteiger partial charge in [-0.3, -0.25) is 15.6 Å². The second-order valence-corrected chi connectivity index (χ2v) is 4.83. The van der Waals surface area contributed by atoms with Crippen molar-refractivity contribution in [1.29, 1.82) is 10.7 Å². The van der Waals surface area contributed by atoms with Crippen molar-refractivity contribution in [2.24, 2.45) is 10.8 Å². The number of amidine groups is 1. The SMILES string of the molecule is CC(C)NC(=O)c1ccc(Cl)c(N/N=C(\C#N)C(=N)N)c1. The van der Waals surface area contributed by atoms with Gasteiger partial charge < -0.3 is 11.1 Å². The van der Waals surface area contributed by atoms with Gasteiger partial charge >= 0.3 is 0 Å². The Hall–Kier alpha value is -2.59. The van der Waals surface area contributed by atoms with Crippen molar-refractivity contribution in [1.82, 2.24) is 5.32 Å². The number of rotatable bonds is 5. The molecule has 0 bridgehead atoms. The zero-order chi connectivity index (χ0) is 16.0. The lowest BCUT2D eigenvalue weighted by atomic mass is 10.2. The number of anilines is 1. The lowest BCUT2D eigenvalue weighted by molar-refractivity contribution is 0.0943. The molecule has 1 aromatic carbocycles. The molecule has 110 valence electrons. The molecule has 0 aliphatic heterocycles. The fraction of sp³-hybridized carbons (Fsp3) is 0.231. The highest BCUT2D eigenvalue weighted by Crippen LogP contribution is 2.23. The molecule has 1 rings (SSSR count). The van der Waals surface area contributed by atoms with Gasteiger partial charge in [-0.05, 0) is 32.0 Å². The Morgan fingerprint density at radius 2 is 2.19 bits per heavy atom. The number of nitrogens with zero attached hydrogens (tertiary/aromatic N) is 2. The molecule has 7 nitrogen and oxygen atoms in total. The van der Waals surface area contributed by atoms with Gasteiger partial charge in [0.2, 0.25) is 5.71 Å². The van der Waals surface area contributed by atoms with E-state index in [9.17, 15) is 4.79 Å². The molecule has 0 radical (unpaired) electrons. The summed E-state index contributed by atoms with van der Waals surface area (Å²) in [5, 5.41) is 22.6. The topological polar surface area (TPSA) is 127 Å². The van der Waals surface area contributed by atoms with Gasteiger partial charge in [0.25, 0.3) is 5.91 Å². The van der Waals surface area contributed by atoms with Crippen LogP contribution in [0.15, 0.2) is 23.3 Å². The number of hydrazone groups is 1. The summed E-state index contributed by atoms with van der Waals surface area (Å²) in [6, 6.07) is 6.28. The monoisotopic (exact) mass is 306 g/mol. The van der Waals surface area contributed by atoms with Crippen molar-refractivity contribution in [2.45, 2.75) is 19.9 Å². The lowest BCUT2D eigenvalue weighted by Gasteiger charge is -2.10. The number of nitrogens with two attached hydrogens (primary N) is 1. The van der Waals surface area contributed by atoms with Gasteiger partial charge in [0.05, 0.1) is 10.7 Å². The second-order valence-electron chi connectivity index (χ2n) is 4.42. The van der Waals surface area contributed by atoms with Crippen LogP contribution in [0, 0.1) is 16.7 Å². The summed E-state index contributed by atoms with van der Waals surface area (Å²) in [6.07, 6.45) is 0. The normalized spacial score (nSPS) is 10.9. The summed E-state index contributed by atoms with van der Waals surface area (Å²) in [7, 11) is 0. The molecule has 0 heterocycles. The maximum atomic E-state index is 11.9. The number of halogens is 1. The standard InChI is InChI=1S/C13H15ClN6O/c1-7(2)18-13(21)8-3-4-9(14)10(5-8)19-20-11(6-15)12(16)17/h3-5,7,19H,1-2H3,(H3,16,17)(H,18,21)/b20-11+. The minimum absolute atomic E-state index is 0.00510. The van der Waals surface area contributed by atoms with Gasteiger partial charge in [0, 0.05) is 11.6 Å². The minimum atomic E-state index is -0.463. The van der Waals surface area contributed by atoms with Crippen LogP contribution >= 0.6 is 11.6 Å². The highest BCUT2D eigenvalue weighted by molar-refractivity contribution is 6.46. The molecule has 0 unspecified atom stereocenters. The van der Waals surface area contributed by atoms with Gasteiger partial charge in [-0.15, -0.1) is 0 Å². The van der Waals surface area contributed by atoms with E-state index in [0.29, 0.717) is 16.3 Å². The smallest absolute Gasteiger partial charge is 0.251 e. The molecule has 0 saturated carbocycles. The van der Waals surface area contributed by atoms with Crippen molar-refractivity contribution in [3.8, 4) is 6.07 Å². The molecule has 1 aromatic rings. The number of hydrogen-bond acceptors (Lipinski definition) is 5. The largest absolute Gasteiger partial charge is 0.382 e. The van der Waals surface area contributed by atoms with Crippen LogP contribution in [0.2, 0.25) is 5.02 Å². The van der Waals surface area contributed by atoms with E-state index in [1.165, 1.54) is 12.1 Å². The van der Waals surface area contributed by atoms with E-state index in [-0.39, 0.29) is 17.7 Å². The van der Waals surface area contributed by atoms with Crippen molar-refractivity contribution >= 4 is 34.7 Å². The van der Waals surface area contributed by atoms with Gasteiger partial charge in [0.15, 0.2) is 5.84 Å². The lowest BCUT2D eigenvalue weighted by Crippen LogP contribution is -2.30. The van der Waals surface area contributed by atoms with E-state index in [2.05, 4.69) is 15.8 Å². The molecule has 0 saturated heterocycles. The highest BCUT2D eigenvalue weighted by Gasteiger charge is 2.10. The maximum Gasteiger partial charge on any atom is 0.251 e. The molecular formula is C13H15ClN6O. The third-order valence-corrected chi connectivity index (χ3v) is 2.63. The molecule has 0 fully saturated rings. The van der Waals surface area contributed by atoms with Crippen molar-refractivity contribution in [3.05, 3.63) is 28.8 Å². The fourth-order valence-electron chi connectivity index (χ4n) is 1.36. The molecule has 8 heteroatoms. The van der Waals surface area contributed by atoms with Crippen molar-refractivity contribution < 1.29 is 4.79 Å². The summed E-state index contributed by atoms with van der Waals surface area (Å²) in [4.78, 5) is 11.9. The zero-order valence-corrected chi connectivity index (χ0v) is 12.3. The van der Waals surface area contributed by atoms with Crippen molar-refractivity contribution in [3.63, 3.8) is 0 Å². The number of carbonyl (C=O) groups is 1. The first-order valence-corrected chi connectivity index (χ1v) is 6.41. The van der Waals surface area contributed by atoms with E-state index in [1.54, 1.807) is 12.1 Å². The molecule has 0 spiro atoms. The first-order chi connectivity index (χ1) is 9.85. The Morgan fingerprint density at radius 1 is 1.52 bits per heavy atom. The van der Waals surface area contributed by atoms with E-state index >= 15 is 0 Å². The van der Waals surface area contributed by atoms with Gasteiger partial charge in [-0.25, -0.2) is 0 Å². The van der Waals surface area contributed by atoms with Crippen LogP contribution in [0.1, 0.15) is 24.2 Å². The summed E-state index contributed by atoms with van der Waals surface area (Å²) in [6.45, 7) is 3.70. The molecule has 5 N–H and O–H groups in total. The van der Waals surface area contributed by atoms with Crippen LogP contribution in [0.3, 0.4) is 0 Å². The predicted octanol–water partition coefficient (Wildman–Crippen LogP) is 1.71. The molecule has 0 aromatic heterocycles. The average Bonchev–Trinajstić information content (AvgIpc) is 2.40. The minimum Gasteiger partial charge on any atom is -0.382 e. The summed E-state index contributed by atoms with van der Waals surface area (Å²) >= 11 is 5.98. The van der Waals surface area contributed by atoms with Gasteiger partial charge in [-0.1, -0.05) is 11.6 Å². The molecule has 0 atom stereocenters. The number of hydrogen-bond donors (Lipinski definition) is 4. The number of nitrogens with one attached hydrogen (secondary N) is 3. The average molecular weight is 307 g/mol. The Labute approximate surface area is 127 Å². The Balaban J connectivity index is 3.01.